The van der Waals surface area contributed by atoms with Gasteiger partial charge in [-0.1, -0.05) is 48.5 Å². The summed E-state index contributed by atoms with van der Waals surface area (Å²) < 4.78 is 27.6. The van der Waals surface area contributed by atoms with Gasteiger partial charge in [0.25, 0.3) is 5.91 Å². The summed E-state index contributed by atoms with van der Waals surface area (Å²) in [5, 5.41) is 2.94. The van der Waals surface area contributed by atoms with E-state index in [1.807, 2.05) is 30.3 Å². The van der Waals surface area contributed by atoms with Crippen molar-refractivity contribution in [3.8, 4) is 0 Å². The van der Waals surface area contributed by atoms with Crippen LogP contribution in [0.2, 0.25) is 0 Å². The summed E-state index contributed by atoms with van der Waals surface area (Å²) in [6.07, 6.45) is 1.48. The van der Waals surface area contributed by atoms with Gasteiger partial charge in [0.15, 0.2) is 0 Å². The van der Waals surface area contributed by atoms with Crippen LogP contribution in [-0.4, -0.2) is 43.1 Å². The molecule has 28 heavy (non-hydrogen) atoms. The number of hydrogen-bond donors (Lipinski definition) is 1. The van der Waals surface area contributed by atoms with Gasteiger partial charge in [-0.15, -0.1) is 0 Å². The van der Waals surface area contributed by atoms with Crippen molar-refractivity contribution in [3.05, 3.63) is 66.2 Å². The largest absolute Gasteiger partial charge is 0.308 e. The van der Waals surface area contributed by atoms with Crippen molar-refractivity contribution in [2.24, 2.45) is 16.8 Å². The fraction of sp³-hybridized carbons (Fsp3) is 0.333. The number of aliphatic imine (C=N–C) groups is 1. The van der Waals surface area contributed by atoms with Crippen molar-refractivity contribution >= 4 is 21.8 Å². The lowest BCUT2D eigenvalue weighted by atomic mass is 9.85. The second-order valence-electron chi connectivity index (χ2n) is 7.75. The first kappa shape index (κ1) is 17.6. The predicted octanol–water partition coefficient (Wildman–Crippen LogP) is 2.03. The number of carbonyl (C=O) groups excluding carboxylic acids is 1. The molecule has 2 heterocycles. The van der Waals surface area contributed by atoms with Gasteiger partial charge < -0.3 is 5.32 Å². The van der Waals surface area contributed by atoms with Crippen LogP contribution in [0.5, 0.6) is 0 Å². The fourth-order valence-electron chi connectivity index (χ4n) is 4.84. The summed E-state index contributed by atoms with van der Waals surface area (Å²) in [5.41, 5.74) is 0.0273. The van der Waals surface area contributed by atoms with Crippen LogP contribution >= 0.6 is 0 Å². The van der Waals surface area contributed by atoms with Crippen LogP contribution in [0.3, 0.4) is 0 Å². The van der Waals surface area contributed by atoms with Crippen molar-refractivity contribution < 1.29 is 13.2 Å². The number of benzene rings is 2. The highest BCUT2D eigenvalue weighted by Gasteiger charge is 2.60. The molecule has 1 saturated heterocycles. The Morgan fingerprint density at radius 3 is 2.39 bits per heavy atom. The number of sulfonamides is 1. The molecular formula is C21H21N3O3S. The lowest BCUT2D eigenvalue weighted by Crippen LogP contribution is -2.45. The Morgan fingerprint density at radius 1 is 1.00 bits per heavy atom. The molecule has 3 atom stereocenters. The third-order valence-corrected chi connectivity index (χ3v) is 8.13. The standard InChI is InChI=1S/C21H21N3O3S/c25-20-21(23-19(22-20)15-7-3-1-4-8-15)12-11-16-13-24(14-18(16)21)28(26,27)17-9-5-2-6-10-17/h1-10,16,18H,11-14H2,(H,22,23,25)/t16-,18+,21-/m1/s1. The van der Waals surface area contributed by atoms with E-state index in [-0.39, 0.29) is 17.7 Å². The van der Waals surface area contributed by atoms with Crippen LogP contribution < -0.4 is 5.32 Å². The Morgan fingerprint density at radius 2 is 1.68 bits per heavy atom. The molecular weight excluding hydrogens is 374 g/mol. The van der Waals surface area contributed by atoms with Crippen LogP contribution in [0.4, 0.5) is 0 Å². The van der Waals surface area contributed by atoms with Crippen LogP contribution in [-0.2, 0) is 14.8 Å². The van der Waals surface area contributed by atoms with Gasteiger partial charge in [-0.05, 0) is 30.9 Å². The molecule has 3 aliphatic rings. The summed E-state index contributed by atoms with van der Waals surface area (Å²) in [7, 11) is -3.56. The topological polar surface area (TPSA) is 78.8 Å². The lowest BCUT2D eigenvalue weighted by Gasteiger charge is -2.25. The number of carbonyl (C=O) groups is 1. The Bertz CT molecular complexity index is 1050. The van der Waals surface area contributed by atoms with Crippen LogP contribution in [0.1, 0.15) is 18.4 Å². The Kier molecular flexibility index (Phi) is 3.93. The van der Waals surface area contributed by atoms with Gasteiger partial charge in [-0.2, -0.15) is 4.31 Å². The van der Waals surface area contributed by atoms with E-state index in [0.717, 1.165) is 12.0 Å². The van der Waals surface area contributed by atoms with Gasteiger partial charge in [0.05, 0.1) is 4.90 Å². The van der Waals surface area contributed by atoms with Gasteiger partial charge in [0.2, 0.25) is 10.0 Å². The van der Waals surface area contributed by atoms with E-state index in [1.165, 1.54) is 4.31 Å². The Balaban J connectivity index is 1.46. The van der Waals surface area contributed by atoms with Crippen LogP contribution in [0.25, 0.3) is 0 Å². The molecule has 2 fully saturated rings. The molecule has 0 radical (unpaired) electrons. The van der Waals surface area contributed by atoms with E-state index in [4.69, 9.17) is 4.99 Å². The Hall–Kier alpha value is -2.51. The molecule has 0 bridgehead atoms. The number of hydrogen-bond acceptors (Lipinski definition) is 4. The first-order chi connectivity index (χ1) is 13.5. The molecule has 7 heteroatoms. The number of amidine groups is 1. The highest BCUT2D eigenvalue weighted by Crippen LogP contribution is 2.50. The lowest BCUT2D eigenvalue weighted by molar-refractivity contribution is -0.124. The predicted molar refractivity (Wildman–Crippen MR) is 105 cm³/mol. The zero-order valence-corrected chi connectivity index (χ0v) is 16.1. The molecule has 144 valence electrons. The zero-order valence-electron chi connectivity index (χ0n) is 15.3. The summed E-state index contributed by atoms with van der Waals surface area (Å²) in [6, 6.07) is 18.1. The van der Waals surface area contributed by atoms with Gasteiger partial charge in [-0.25, -0.2) is 8.42 Å². The second kappa shape index (κ2) is 6.25. The van der Waals surface area contributed by atoms with Gasteiger partial charge in [0.1, 0.15) is 11.4 Å². The summed E-state index contributed by atoms with van der Waals surface area (Å²) in [4.78, 5) is 18.1. The highest BCUT2D eigenvalue weighted by molar-refractivity contribution is 7.89. The summed E-state index contributed by atoms with van der Waals surface area (Å²) >= 11 is 0. The molecule has 2 aromatic carbocycles. The van der Waals surface area contributed by atoms with Gasteiger partial charge >= 0.3 is 0 Å². The minimum absolute atomic E-state index is 0.0906. The van der Waals surface area contributed by atoms with Gasteiger partial charge in [-0.3, -0.25) is 9.79 Å². The summed E-state index contributed by atoms with van der Waals surface area (Å²) in [6.45, 7) is 0.786. The van der Waals surface area contributed by atoms with Crippen molar-refractivity contribution in [2.45, 2.75) is 23.3 Å². The van der Waals surface area contributed by atoms with E-state index >= 15 is 0 Å². The maximum Gasteiger partial charge on any atom is 0.253 e. The Labute approximate surface area is 164 Å². The number of rotatable bonds is 3. The minimum atomic E-state index is -3.56. The first-order valence-corrected chi connectivity index (χ1v) is 11.0. The smallest absolute Gasteiger partial charge is 0.253 e. The molecule has 1 amide bonds. The molecule has 1 aliphatic carbocycles. The van der Waals surface area contributed by atoms with Crippen LogP contribution in [0, 0.1) is 11.8 Å². The average molecular weight is 395 g/mol. The average Bonchev–Trinajstić information content (AvgIpc) is 3.39. The van der Waals surface area contributed by atoms with E-state index in [0.29, 0.717) is 30.2 Å². The maximum atomic E-state index is 13.0. The third kappa shape index (κ3) is 2.53. The van der Waals surface area contributed by atoms with Gasteiger partial charge in [0, 0.05) is 24.6 Å². The molecule has 5 rings (SSSR count). The molecule has 1 saturated carbocycles. The normalized spacial score (nSPS) is 29.7. The monoisotopic (exact) mass is 395 g/mol. The van der Waals surface area contributed by atoms with Crippen molar-refractivity contribution in [2.75, 3.05) is 13.1 Å². The van der Waals surface area contributed by atoms with E-state index in [9.17, 15) is 13.2 Å². The van der Waals surface area contributed by atoms with E-state index in [2.05, 4.69) is 5.32 Å². The fourth-order valence-corrected chi connectivity index (χ4v) is 6.39. The molecule has 2 aromatic rings. The number of nitrogens with zero attached hydrogens (tertiary/aromatic N) is 2. The minimum Gasteiger partial charge on any atom is -0.308 e. The maximum absolute atomic E-state index is 13.0. The highest BCUT2D eigenvalue weighted by atomic mass is 32.2. The second-order valence-corrected chi connectivity index (χ2v) is 9.68. The zero-order chi connectivity index (χ0) is 19.4. The van der Waals surface area contributed by atoms with Crippen molar-refractivity contribution in [1.29, 1.82) is 0 Å². The SMILES string of the molecule is O=C1NC(c2ccccc2)=N[C@@]12CC[C@@H]1CN(S(=O)(=O)c3ccccc3)C[C@@H]12. The molecule has 2 aliphatic heterocycles. The van der Waals surface area contributed by atoms with Crippen LogP contribution in [0.15, 0.2) is 70.6 Å². The number of fused-ring (bicyclic) bond motifs is 2. The third-order valence-electron chi connectivity index (χ3n) is 6.28. The molecule has 1 spiro atoms. The number of nitrogens with one attached hydrogen (secondary N) is 1. The summed E-state index contributed by atoms with van der Waals surface area (Å²) in [5.74, 6) is 0.559. The number of amides is 1. The quantitative estimate of drug-likeness (QED) is 0.864. The molecule has 0 aromatic heterocycles. The first-order valence-electron chi connectivity index (χ1n) is 9.53. The molecule has 1 N–H and O–H groups in total. The van der Waals surface area contributed by atoms with Crippen molar-refractivity contribution in [1.82, 2.24) is 9.62 Å². The van der Waals surface area contributed by atoms with Crippen molar-refractivity contribution in [3.63, 3.8) is 0 Å². The molecule has 0 unspecified atom stereocenters. The van der Waals surface area contributed by atoms with E-state index in [1.54, 1.807) is 30.3 Å². The molecule has 6 nitrogen and oxygen atoms in total. The van der Waals surface area contributed by atoms with E-state index < -0.39 is 15.6 Å².